The summed E-state index contributed by atoms with van der Waals surface area (Å²) in [6.45, 7) is 3.88. The Kier molecular flexibility index (Phi) is 4.12. The molecule has 0 spiro atoms. The molecular formula is C12H18FNO2. The van der Waals surface area contributed by atoms with Crippen LogP contribution >= 0.6 is 0 Å². The van der Waals surface area contributed by atoms with Crippen LogP contribution in [0.1, 0.15) is 20.3 Å². The lowest BCUT2D eigenvalue weighted by atomic mass is 10.0. The highest BCUT2D eigenvalue weighted by Gasteiger charge is 2.17. The Morgan fingerprint density at radius 2 is 2.19 bits per heavy atom. The monoisotopic (exact) mass is 227 g/mol. The summed E-state index contributed by atoms with van der Waals surface area (Å²) in [5, 5.41) is 12.7. The fourth-order valence-corrected chi connectivity index (χ4v) is 1.18. The van der Waals surface area contributed by atoms with E-state index in [1.54, 1.807) is 19.1 Å². The van der Waals surface area contributed by atoms with Gasteiger partial charge in [-0.15, -0.1) is 0 Å². The topological polar surface area (TPSA) is 41.5 Å². The number of anilines is 1. The van der Waals surface area contributed by atoms with Gasteiger partial charge in [-0.05, 0) is 25.5 Å². The summed E-state index contributed by atoms with van der Waals surface area (Å²) in [6.07, 6.45) is 0.603. The lowest BCUT2D eigenvalue weighted by Gasteiger charge is -2.22. The zero-order valence-corrected chi connectivity index (χ0v) is 9.88. The second-order valence-corrected chi connectivity index (χ2v) is 4.05. The van der Waals surface area contributed by atoms with E-state index in [4.69, 9.17) is 4.74 Å². The van der Waals surface area contributed by atoms with Crippen molar-refractivity contribution in [1.29, 1.82) is 0 Å². The molecule has 0 aromatic heterocycles. The van der Waals surface area contributed by atoms with E-state index < -0.39 is 5.60 Å². The van der Waals surface area contributed by atoms with Crippen molar-refractivity contribution in [1.82, 2.24) is 0 Å². The van der Waals surface area contributed by atoms with E-state index in [1.165, 1.54) is 13.2 Å². The van der Waals surface area contributed by atoms with Crippen molar-refractivity contribution in [2.75, 3.05) is 19.0 Å². The molecule has 2 N–H and O–H groups in total. The van der Waals surface area contributed by atoms with E-state index >= 15 is 0 Å². The Morgan fingerprint density at radius 1 is 1.50 bits per heavy atom. The minimum absolute atomic E-state index is 0.299. The molecule has 1 rings (SSSR count). The van der Waals surface area contributed by atoms with Crippen LogP contribution in [0.25, 0.3) is 0 Å². The molecule has 0 amide bonds. The quantitative estimate of drug-likeness (QED) is 0.811. The van der Waals surface area contributed by atoms with Crippen molar-refractivity contribution >= 4 is 5.69 Å². The fraction of sp³-hybridized carbons (Fsp3) is 0.500. The molecule has 0 aliphatic rings. The van der Waals surface area contributed by atoms with Gasteiger partial charge in [-0.2, -0.15) is 0 Å². The van der Waals surface area contributed by atoms with Crippen LogP contribution < -0.4 is 10.1 Å². The standard InChI is InChI=1S/C12H18FNO2/c1-4-12(2,15)8-14-11-7-9(16-3)5-6-10(11)13/h5-7,14-15H,4,8H2,1-3H3. The van der Waals surface area contributed by atoms with Gasteiger partial charge in [0.1, 0.15) is 11.6 Å². The Bertz CT molecular complexity index is 353. The molecule has 90 valence electrons. The summed E-state index contributed by atoms with van der Waals surface area (Å²) in [5.41, 5.74) is -0.497. The molecule has 0 radical (unpaired) electrons. The molecular weight excluding hydrogens is 209 g/mol. The Labute approximate surface area is 95.2 Å². The largest absolute Gasteiger partial charge is 0.497 e. The Balaban J connectivity index is 2.73. The molecule has 0 saturated carbocycles. The maximum absolute atomic E-state index is 13.4. The molecule has 0 aliphatic heterocycles. The molecule has 4 heteroatoms. The molecule has 1 unspecified atom stereocenters. The van der Waals surface area contributed by atoms with Crippen molar-refractivity contribution < 1.29 is 14.2 Å². The smallest absolute Gasteiger partial charge is 0.146 e. The highest BCUT2D eigenvalue weighted by molar-refractivity contribution is 5.49. The first-order valence-corrected chi connectivity index (χ1v) is 5.28. The summed E-state index contributed by atoms with van der Waals surface area (Å²) in [7, 11) is 1.53. The van der Waals surface area contributed by atoms with Crippen LogP contribution in [0.5, 0.6) is 5.75 Å². The third-order valence-corrected chi connectivity index (χ3v) is 2.59. The third-order valence-electron chi connectivity index (χ3n) is 2.59. The molecule has 0 heterocycles. The predicted molar refractivity (Wildman–Crippen MR) is 62.4 cm³/mol. The van der Waals surface area contributed by atoms with E-state index in [0.29, 0.717) is 24.4 Å². The molecule has 0 bridgehead atoms. The minimum atomic E-state index is -0.838. The second-order valence-electron chi connectivity index (χ2n) is 4.05. The van der Waals surface area contributed by atoms with E-state index in [2.05, 4.69) is 5.32 Å². The number of benzene rings is 1. The number of halogens is 1. The minimum Gasteiger partial charge on any atom is -0.497 e. The van der Waals surface area contributed by atoms with Crippen LogP contribution in [-0.4, -0.2) is 24.4 Å². The number of hydrogen-bond acceptors (Lipinski definition) is 3. The van der Waals surface area contributed by atoms with Crippen molar-refractivity contribution in [3.8, 4) is 5.75 Å². The zero-order chi connectivity index (χ0) is 12.2. The van der Waals surface area contributed by atoms with Gasteiger partial charge >= 0.3 is 0 Å². The summed E-state index contributed by atoms with van der Waals surface area (Å²) in [6, 6.07) is 4.46. The molecule has 16 heavy (non-hydrogen) atoms. The van der Waals surface area contributed by atoms with Gasteiger partial charge in [-0.3, -0.25) is 0 Å². The maximum atomic E-state index is 13.4. The SMILES string of the molecule is CCC(C)(O)CNc1cc(OC)ccc1F. The Hall–Kier alpha value is -1.29. The third kappa shape index (κ3) is 3.38. The Morgan fingerprint density at radius 3 is 2.75 bits per heavy atom. The van der Waals surface area contributed by atoms with Crippen LogP contribution in [0.15, 0.2) is 18.2 Å². The molecule has 1 atom stereocenters. The molecule has 0 aliphatic carbocycles. The van der Waals surface area contributed by atoms with E-state index in [9.17, 15) is 9.50 Å². The summed E-state index contributed by atoms with van der Waals surface area (Å²) < 4.78 is 18.4. The zero-order valence-electron chi connectivity index (χ0n) is 9.88. The molecule has 3 nitrogen and oxygen atoms in total. The highest BCUT2D eigenvalue weighted by atomic mass is 19.1. The predicted octanol–water partition coefficient (Wildman–Crippen LogP) is 2.41. The van der Waals surface area contributed by atoms with Gasteiger partial charge in [0.05, 0.1) is 18.4 Å². The first kappa shape index (κ1) is 12.8. The van der Waals surface area contributed by atoms with Crippen molar-refractivity contribution in [2.45, 2.75) is 25.9 Å². The first-order valence-electron chi connectivity index (χ1n) is 5.28. The maximum Gasteiger partial charge on any atom is 0.146 e. The molecule has 1 aromatic rings. The average Bonchev–Trinajstić information content (AvgIpc) is 2.28. The second kappa shape index (κ2) is 5.16. The normalized spacial score (nSPS) is 14.3. The van der Waals surface area contributed by atoms with Crippen LogP contribution in [0, 0.1) is 5.82 Å². The number of nitrogens with one attached hydrogen (secondary N) is 1. The van der Waals surface area contributed by atoms with Crippen LogP contribution in [0.2, 0.25) is 0 Å². The molecule has 1 aromatic carbocycles. The average molecular weight is 227 g/mol. The first-order chi connectivity index (χ1) is 7.48. The van der Waals surface area contributed by atoms with Gasteiger partial charge < -0.3 is 15.2 Å². The highest BCUT2D eigenvalue weighted by Crippen LogP contribution is 2.22. The van der Waals surface area contributed by atoms with Gasteiger partial charge in [0.15, 0.2) is 0 Å². The van der Waals surface area contributed by atoms with E-state index in [1.807, 2.05) is 6.92 Å². The van der Waals surface area contributed by atoms with E-state index in [0.717, 1.165) is 0 Å². The summed E-state index contributed by atoms with van der Waals surface area (Å²) in [4.78, 5) is 0. The fourth-order valence-electron chi connectivity index (χ4n) is 1.18. The van der Waals surface area contributed by atoms with Crippen LogP contribution in [0.3, 0.4) is 0 Å². The summed E-state index contributed by atoms with van der Waals surface area (Å²) in [5.74, 6) is 0.229. The van der Waals surface area contributed by atoms with Gasteiger partial charge in [-0.1, -0.05) is 6.92 Å². The van der Waals surface area contributed by atoms with Crippen molar-refractivity contribution in [3.63, 3.8) is 0 Å². The number of rotatable bonds is 5. The van der Waals surface area contributed by atoms with Crippen molar-refractivity contribution in [2.24, 2.45) is 0 Å². The lowest BCUT2D eigenvalue weighted by Crippen LogP contribution is -2.32. The molecule has 0 fully saturated rings. The number of ether oxygens (including phenoxy) is 1. The van der Waals surface area contributed by atoms with Gasteiger partial charge in [0.2, 0.25) is 0 Å². The summed E-state index contributed by atoms with van der Waals surface area (Å²) >= 11 is 0. The van der Waals surface area contributed by atoms with E-state index in [-0.39, 0.29) is 5.82 Å². The van der Waals surface area contributed by atoms with Gasteiger partial charge in [0, 0.05) is 12.6 Å². The van der Waals surface area contributed by atoms with Crippen molar-refractivity contribution in [3.05, 3.63) is 24.0 Å². The number of aliphatic hydroxyl groups is 1. The number of methoxy groups -OCH3 is 1. The van der Waals surface area contributed by atoms with Crippen LogP contribution in [-0.2, 0) is 0 Å². The number of hydrogen-bond donors (Lipinski definition) is 2. The van der Waals surface area contributed by atoms with Gasteiger partial charge in [0.25, 0.3) is 0 Å². The molecule has 0 saturated heterocycles. The van der Waals surface area contributed by atoms with Crippen LogP contribution in [0.4, 0.5) is 10.1 Å². The van der Waals surface area contributed by atoms with Gasteiger partial charge in [-0.25, -0.2) is 4.39 Å². The lowest BCUT2D eigenvalue weighted by molar-refractivity contribution is 0.0697.